The van der Waals surface area contributed by atoms with Gasteiger partial charge >= 0.3 is 23.5 Å². The Kier molecular flexibility index (Phi) is 3.31. The number of hydrogen-bond donors (Lipinski definition) is 0. The van der Waals surface area contributed by atoms with Crippen molar-refractivity contribution in [1.82, 2.24) is 0 Å². The molecule has 2 unspecified atom stereocenters. The smallest absolute Gasteiger partial charge is 0.363 e. The monoisotopic (exact) mass is 228 g/mol. The molecule has 1 aliphatic rings. The molecule has 0 spiro atoms. The average molecular weight is 228 g/mol. The first-order chi connectivity index (χ1) is 7.48. The summed E-state index contributed by atoms with van der Waals surface area (Å²) in [4.78, 5) is 34.2. The van der Waals surface area contributed by atoms with Crippen molar-refractivity contribution in [3.8, 4) is 0 Å². The molecule has 0 bridgehead atoms. The van der Waals surface area contributed by atoms with Crippen LogP contribution in [0.1, 0.15) is 6.92 Å². The summed E-state index contributed by atoms with van der Waals surface area (Å²) in [5, 5.41) is 0. The van der Waals surface area contributed by atoms with E-state index in [9.17, 15) is 14.4 Å². The van der Waals surface area contributed by atoms with Crippen molar-refractivity contribution in [2.24, 2.45) is 5.92 Å². The van der Waals surface area contributed by atoms with Gasteiger partial charge in [0.1, 0.15) is 0 Å². The van der Waals surface area contributed by atoms with E-state index in [1.54, 1.807) is 6.92 Å². The van der Waals surface area contributed by atoms with Crippen molar-refractivity contribution in [3.05, 3.63) is 12.7 Å². The fourth-order valence-electron chi connectivity index (χ4n) is 1.45. The van der Waals surface area contributed by atoms with Crippen molar-refractivity contribution < 1.29 is 28.6 Å². The second kappa shape index (κ2) is 4.34. The van der Waals surface area contributed by atoms with Crippen LogP contribution >= 0.6 is 0 Å². The van der Waals surface area contributed by atoms with E-state index in [0.717, 1.165) is 13.2 Å². The molecule has 0 amide bonds. The van der Waals surface area contributed by atoms with Gasteiger partial charge in [-0.2, -0.15) is 0 Å². The average Bonchev–Trinajstić information content (AvgIpc) is 2.56. The number of carbonyl (C=O) groups excluding carboxylic acids is 3. The summed E-state index contributed by atoms with van der Waals surface area (Å²) in [6.07, 6.45) is 0.864. The van der Waals surface area contributed by atoms with Crippen molar-refractivity contribution in [3.63, 3.8) is 0 Å². The van der Waals surface area contributed by atoms with Gasteiger partial charge < -0.3 is 14.2 Å². The van der Waals surface area contributed by atoms with Gasteiger partial charge in [0, 0.05) is 6.08 Å². The highest BCUT2D eigenvalue weighted by molar-refractivity contribution is 6.07. The van der Waals surface area contributed by atoms with E-state index < -0.39 is 29.4 Å². The van der Waals surface area contributed by atoms with E-state index in [4.69, 9.17) is 9.47 Å². The first-order valence-electron chi connectivity index (χ1n) is 4.60. The molecule has 6 heteroatoms. The first kappa shape index (κ1) is 12.2. The number of esters is 3. The number of hydrogen-bond acceptors (Lipinski definition) is 6. The Bertz CT molecular complexity index is 347. The molecule has 16 heavy (non-hydrogen) atoms. The summed E-state index contributed by atoms with van der Waals surface area (Å²) < 4.78 is 14.0. The molecule has 0 aromatic carbocycles. The van der Waals surface area contributed by atoms with Crippen molar-refractivity contribution >= 4 is 17.9 Å². The third-order valence-corrected chi connectivity index (χ3v) is 2.38. The predicted octanol–water partition coefficient (Wildman–Crippen LogP) is -0.180. The molecule has 1 heterocycles. The Hall–Kier alpha value is -1.85. The topological polar surface area (TPSA) is 78.9 Å². The summed E-state index contributed by atoms with van der Waals surface area (Å²) in [6.45, 7) is 4.74. The van der Waals surface area contributed by atoms with Gasteiger partial charge in [-0.15, -0.1) is 0 Å². The first-order valence-corrected chi connectivity index (χ1v) is 4.60. The Morgan fingerprint density at radius 2 is 2.25 bits per heavy atom. The minimum atomic E-state index is -2.00. The number of ether oxygens (including phenoxy) is 3. The maximum absolute atomic E-state index is 11.6. The van der Waals surface area contributed by atoms with E-state index in [1.165, 1.54) is 0 Å². The lowest BCUT2D eigenvalue weighted by Gasteiger charge is -2.24. The van der Waals surface area contributed by atoms with Crippen molar-refractivity contribution in [2.75, 3.05) is 13.7 Å². The minimum absolute atomic E-state index is 0.00163. The van der Waals surface area contributed by atoms with Gasteiger partial charge in [0.15, 0.2) is 0 Å². The summed E-state index contributed by atoms with van der Waals surface area (Å²) >= 11 is 0. The summed E-state index contributed by atoms with van der Waals surface area (Å²) in [6, 6.07) is 0. The number of rotatable bonds is 3. The Labute approximate surface area is 92.2 Å². The lowest BCUT2D eigenvalue weighted by Crippen LogP contribution is -2.52. The third-order valence-electron chi connectivity index (χ3n) is 2.38. The standard InChI is InChI=1S/C10H12O6/c1-4-7(11)16-10(8(12)14-3)6(2)5-15-9(10)13/h4,6H,1,5H2,2-3H3. The second-order valence-corrected chi connectivity index (χ2v) is 3.35. The largest absolute Gasteiger partial charge is 0.466 e. The van der Waals surface area contributed by atoms with E-state index in [-0.39, 0.29) is 6.61 Å². The maximum Gasteiger partial charge on any atom is 0.363 e. The van der Waals surface area contributed by atoms with Crippen LogP contribution in [0.25, 0.3) is 0 Å². The van der Waals surface area contributed by atoms with Gasteiger partial charge in [0.25, 0.3) is 0 Å². The molecule has 1 saturated heterocycles. The van der Waals surface area contributed by atoms with Gasteiger partial charge in [-0.1, -0.05) is 13.5 Å². The van der Waals surface area contributed by atoms with E-state index in [1.807, 2.05) is 0 Å². The van der Waals surface area contributed by atoms with Crippen LogP contribution in [0.3, 0.4) is 0 Å². The Balaban J connectivity index is 3.10. The normalized spacial score (nSPS) is 28.1. The van der Waals surface area contributed by atoms with Crippen molar-refractivity contribution in [2.45, 2.75) is 12.5 Å². The van der Waals surface area contributed by atoms with Crippen LogP contribution in [-0.2, 0) is 28.6 Å². The molecule has 0 N–H and O–H groups in total. The van der Waals surface area contributed by atoms with Gasteiger partial charge in [-0.25, -0.2) is 14.4 Å². The van der Waals surface area contributed by atoms with Crippen LogP contribution < -0.4 is 0 Å². The molecule has 6 nitrogen and oxygen atoms in total. The Morgan fingerprint density at radius 3 is 2.62 bits per heavy atom. The van der Waals surface area contributed by atoms with E-state index in [0.29, 0.717) is 0 Å². The lowest BCUT2D eigenvalue weighted by molar-refractivity contribution is -0.187. The molecule has 0 aromatic heterocycles. The number of methoxy groups -OCH3 is 1. The summed E-state index contributed by atoms with van der Waals surface area (Å²) in [5.74, 6) is -3.34. The summed E-state index contributed by atoms with van der Waals surface area (Å²) in [5.41, 5.74) is -2.00. The Morgan fingerprint density at radius 1 is 1.62 bits per heavy atom. The highest BCUT2D eigenvalue weighted by Gasteiger charge is 2.61. The molecular formula is C10H12O6. The van der Waals surface area contributed by atoms with Crippen LogP contribution in [0.4, 0.5) is 0 Å². The molecule has 1 fully saturated rings. The van der Waals surface area contributed by atoms with Crippen molar-refractivity contribution in [1.29, 1.82) is 0 Å². The fourth-order valence-corrected chi connectivity index (χ4v) is 1.45. The van der Waals surface area contributed by atoms with Crippen LogP contribution in [0, 0.1) is 5.92 Å². The molecule has 0 radical (unpaired) electrons. The van der Waals surface area contributed by atoms with Crippen LogP contribution in [0.5, 0.6) is 0 Å². The van der Waals surface area contributed by atoms with Crippen LogP contribution in [0.15, 0.2) is 12.7 Å². The molecule has 2 atom stereocenters. The zero-order valence-corrected chi connectivity index (χ0v) is 9.02. The van der Waals surface area contributed by atoms with E-state index >= 15 is 0 Å². The molecule has 0 aliphatic carbocycles. The van der Waals surface area contributed by atoms with E-state index in [2.05, 4.69) is 11.3 Å². The zero-order valence-electron chi connectivity index (χ0n) is 9.02. The van der Waals surface area contributed by atoms with Crippen LogP contribution in [-0.4, -0.2) is 37.2 Å². The summed E-state index contributed by atoms with van der Waals surface area (Å²) in [7, 11) is 1.10. The molecular weight excluding hydrogens is 216 g/mol. The highest BCUT2D eigenvalue weighted by Crippen LogP contribution is 2.32. The predicted molar refractivity (Wildman–Crippen MR) is 51.2 cm³/mol. The number of carbonyl (C=O) groups is 3. The quantitative estimate of drug-likeness (QED) is 0.288. The lowest BCUT2D eigenvalue weighted by atomic mass is 9.91. The zero-order chi connectivity index (χ0) is 12.3. The van der Waals surface area contributed by atoms with Gasteiger partial charge in [-0.05, 0) is 0 Å². The fraction of sp³-hybridized carbons (Fsp3) is 0.500. The number of cyclic esters (lactones) is 1. The van der Waals surface area contributed by atoms with Gasteiger partial charge in [-0.3, -0.25) is 0 Å². The molecule has 88 valence electrons. The highest BCUT2D eigenvalue weighted by atomic mass is 16.6. The molecule has 1 aliphatic heterocycles. The van der Waals surface area contributed by atoms with Gasteiger partial charge in [0.05, 0.1) is 19.6 Å². The van der Waals surface area contributed by atoms with Gasteiger partial charge in [0.2, 0.25) is 0 Å². The SMILES string of the molecule is C=CC(=O)OC1(C(=O)OC)C(=O)OCC1C. The van der Waals surface area contributed by atoms with Crippen LogP contribution in [0.2, 0.25) is 0 Å². The molecule has 1 rings (SSSR count). The maximum atomic E-state index is 11.6. The second-order valence-electron chi connectivity index (χ2n) is 3.35. The molecule has 0 saturated carbocycles. The minimum Gasteiger partial charge on any atom is -0.466 e. The molecule has 0 aromatic rings. The third kappa shape index (κ3) is 1.66.